The van der Waals surface area contributed by atoms with Gasteiger partial charge in [0.2, 0.25) is 17.6 Å². The number of rotatable bonds is 10. The van der Waals surface area contributed by atoms with Gasteiger partial charge < -0.3 is 9.84 Å². The molecule has 0 aliphatic carbocycles. The summed E-state index contributed by atoms with van der Waals surface area (Å²) in [4.78, 5) is 19.4. The fraction of sp³-hybridized carbons (Fsp3) is 0.423. The SMILES string of the molecule is Cc1ccccc1-c1noc(CN2CCC(C(=O)NCCCSCc3ccccc3Cl)CC2)n1. The maximum atomic E-state index is 12.6. The van der Waals surface area contributed by atoms with Gasteiger partial charge in [-0.2, -0.15) is 16.7 Å². The molecule has 0 bridgehead atoms. The standard InChI is InChI=1S/C26H31ClN4O2S/c1-19-7-2-4-9-22(19)25-29-24(33-30-25)17-31-14-11-20(12-15-31)26(32)28-13-6-16-34-18-21-8-3-5-10-23(21)27/h2-5,7-10,20H,6,11-18H2,1H3,(H,28,32). The third-order valence-electron chi connectivity index (χ3n) is 6.15. The zero-order valence-corrected chi connectivity index (χ0v) is 21.1. The number of nitrogens with one attached hydrogen (secondary N) is 1. The average Bonchev–Trinajstić information content (AvgIpc) is 3.31. The predicted molar refractivity (Wildman–Crippen MR) is 138 cm³/mol. The topological polar surface area (TPSA) is 71.3 Å². The van der Waals surface area contributed by atoms with Crippen molar-refractivity contribution in [2.24, 2.45) is 5.92 Å². The van der Waals surface area contributed by atoms with E-state index in [-0.39, 0.29) is 11.8 Å². The molecule has 2 aromatic carbocycles. The number of likely N-dealkylation sites (tertiary alicyclic amines) is 1. The van der Waals surface area contributed by atoms with Gasteiger partial charge in [0.05, 0.1) is 6.54 Å². The van der Waals surface area contributed by atoms with Gasteiger partial charge in [0.25, 0.3) is 0 Å². The lowest BCUT2D eigenvalue weighted by Crippen LogP contribution is -2.40. The second kappa shape index (κ2) is 12.4. The monoisotopic (exact) mass is 498 g/mol. The Labute approximate surface area is 210 Å². The number of piperidine rings is 1. The van der Waals surface area contributed by atoms with Gasteiger partial charge >= 0.3 is 0 Å². The summed E-state index contributed by atoms with van der Waals surface area (Å²) in [5, 5.41) is 8.08. The quantitative estimate of drug-likeness (QED) is 0.380. The van der Waals surface area contributed by atoms with E-state index in [1.165, 1.54) is 0 Å². The molecule has 1 aliphatic rings. The molecule has 2 heterocycles. The van der Waals surface area contributed by atoms with Crippen molar-refractivity contribution in [3.05, 3.63) is 70.6 Å². The number of carbonyl (C=O) groups excluding carboxylic acids is 1. The van der Waals surface area contributed by atoms with Crippen LogP contribution in [-0.2, 0) is 17.1 Å². The molecule has 1 N–H and O–H groups in total. The molecule has 180 valence electrons. The third-order valence-corrected chi connectivity index (χ3v) is 7.61. The number of thioether (sulfide) groups is 1. The van der Waals surface area contributed by atoms with Gasteiger partial charge in [0.1, 0.15) is 0 Å². The van der Waals surface area contributed by atoms with Gasteiger partial charge in [0, 0.05) is 28.8 Å². The Hall–Kier alpha value is -2.35. The summed E-state index contributed by atoms with van der Waals surface area (Å²) in [6.07, 6.45) is 2.66. The molecule has 1 saturated heterocycles. The summed E-state index contributed by atoms with van der Waals surface area (Å²) in [6, 6.07) is 16.0. The van der Waals surface area contributed by atoms with E-state index in [4.69, 9.17) is 16.1 Å². The molecule has 8 heteroatoms. The molecule has 34 heavy (non-hydrogen) atoms. The molecular formula is C26H31ClN4O2S. The second-order valence-corrected chi connectivity index (χ2v) is 10.2. The molecule has 0 saturated carbocycles. The average molecular weight is 499 g/mol. The Morgan fingerprint density at radius 2 is 1.94 bits per heavy atom. The van der Waals surface area contributed by atoms with Crippen molar-refractivity contribution in [3.8, 4) is 11.4 Å². The highest BCUT2D eigenvalue weighted by Gasteiger charge is 2.25. The molecule has 1 aliphatic heterocycles. The lowest BCUT2D eigenvalue weighted by Gasteiger charge is -2.30. The molecule has 1 fully saturated rings. The van der Waals surface area contributed by atoms with Gasteiger partial charge in [0.15, 0.2) is 0 Å². The van der Waals surface area contributed by atoms with Crippen LogP contribution in [0.1, 0.15) is 36.3 Å². The highest BCUT2D eigenvalue weighted by atomic mass is 35.5. The number of aryl methyl sites for hydroxylation is 1. The van der Waals surface area contributed by atoms with Crippen LogP contribution in [0.2, 0.25) is 5.02 Å². The number of benzene rings is 2. The van der Waals surface area contributed by atoms with Crippen molar-refractivity contribution >= 4 is 29.3 Å². The number of halogens is 1. The first-order valence-electron chi connectivity index (χ1n) is 11.8. The number of hydrogen-bond acceptors (Lipinski definition) is 6. The van der Waals surface area contributed by atoms with E-state index in [1.54, 1.807) is 0 Å². The van der Waals surface area contributed by atoms with Gasteiger partial charge in [-0.05, 0) is 62.2 Å². The molecule has 0 unspecified atom stereocenters. The van der Waals surface area contributed by atoms with Crippen molar-refractivity contribution in [2.45, 2.75) is 38.5 Å². The van der Waals surface area contributed by atoms with Crippen molar-refractivity contribution in [1.29, 1.82) is 0 Å². The summed E-state index contributed by atoms with van der Waals surface area (Å²) in [5.74, 6) is 3.41. The zero-order valence-electron chi connectivity index (χ0n) is 19.5. The first kappa shape index (κ1) is 24.8. The summed E-state index contributed by atoms with van der Waals surface area (Å²) in [5.41, 5.74) is 3.29. The molecule has 1 aromatic heterocycles. The first-order chi connectivity index (χ1) is 16.6. The van der Waals surface area contributed by atoms with Gasteiger partial charge in [-0.15, -0.1) is 0 Å². The summed E-state index contributed by atoms with van der Waals surface area (Å²) < 4.78 is 5.48. The zero-order chi connectivity index (χ0) is 23.8. The van der Waals surface area contributed by atoms with E-state index in [2.05, 4.69) is 26.4 Å². The van der Waals surface area contributed by atoms with Crippen LogP contribution in [-0.4, -0.2) is 46.3 Å². The predicted octanol–water partition coefficient (Wildman–Crippen LogP) is 5.35. The molecule has 6 nitrogen and oxygen atoms in total. The highest BCUT2D eigenvalue weighted by Crippen LogP contribution is 2.23. The minimum atomic E-state index is 0.0808. The lowest BCUT2D eigenvalue weighted by atomic mass is 9.96. The largest absolute Gasteiger partial charge is 0.356 e. The van der Waals surface area contributed by atoms with Gasteiger partial charge in [-0.1, -0.05) is 59.2 Å². The molecule has 1 amide bonds. The number of nitrogens with zero attached hydrogens (tertiary/aromatic N) is 3. The summed E-state index contributed by atoms with van der Waals surface area (Å²) in [6.45, 7) is 5.09. The summed E-state index contributed by atoms with van der Waals surface area (Å²) >= 11 is 8.04. The van der Waals surface area contributed by atoms with Crippen molar-refractivity contribution in [3.63, 3.8) is 0 Å². The van der Waals surface area contributed by atoms with Crippen LogP contribution in [0.4, 0.5) is 0 Å². The maximum absolute atomic E-state index is 12.6. The minimum absolute atomic E-state index is 0.0808. The van der Waals surface area contributed by atoms with E-state index in [1.807, 2.05) is 61.2 Å². The fourth-order valence-corrected chi connectivity index (χ4v) is 5.37. The van der Waals surface area contributed by atoms with Crippen LogP contribution < -0.4 is 5.32 Å². The van der Waals surface area contributed by atoms with Gasteiger partial charge in [-0.3, -0.25) is 9.69 Å². The second-order valence-electron chi connectivity index (χ2n) is 8.67. The molecule has 0 radical (unpaired) electrons. The maximum Gasteiger partial charge on any atom is 0.241 e. The van der Waals surface area contributed by atoms with E-state index >= 15 is 0 Å². The lowest BCUT2D eigenvalue weighted by molar-refractivity contribution is -0.126. The smallest absolute Gasteiger partial charge is 0.241 e. The van der Waals surface area contributed by atoms with Crippen LogP contribution in [0.3, 0.4) is 0 Å². The normalized spacial score (nSPS) is 14.9. The molecular weight excluding hydrogens is 468 g/mol. The van der Waals surface area contributed by atoms with Crippen LogP contribution in [0.15, 0.2) is 53.1 Å². The molecule has 0 atom stereocenters. The van der Waals surface area contributed by atoms with Crippen LogP contribution in [0.5, 0.6) is 0 Å². The van der Waals surface area contributed by atoms with Crippen LogP contribution >= 0.6 is 23.4 Å². The Morgan fingerprint density at radius 3 is 2.74 bits per heavy atom. The first-order valence-corrected chi connectivity index (χ1v) is 13.3. The Morgan fingerprint density at radius 1 is 1.18 bits per heavy atom. The van der Waals surface area contributed by atoms with Gasteiger partial charge in [-0.25, -0.2) is 0 Å². The molecule has 0 spiro atoms. The Balaban J connectivity index is 1.12. The molecule has 4 rings (SSSR count). The van der Waals surface area contributed by atoms with Crippen molar-refractivity contribution in [2.75, 3.05) is 25.4 Å². The van der Waals surface area contributed by atoms with E-state index in [0.717, 1.165) is 72.1 Å². The molecule has 3 aromatic rings. The Kier molecular flexibility index (Phi) is 9.02. The van der Waals surface area contributed by atoms with E-state index in [0.29, 0.717) is 18.3 Å². The fourth-order valence-electron chi connectivity index (χ4n) is 4.12. The Bertz CT molecular complexity index is 1080. The minimum Gasteiger partial charge on any atom is -0.356 e. The number of hydrogen-bond donors (Lipinski definition) is 1. The van der Waals surface area contributed by atoms with Crippen LogP contribution in [0, 0.1) is 12.8 Å². The number of amides is 1. The van der Waals surface area contributed by atoms with E-state index in [9.17, 15) is 4.79 Å². The summed E-state index contributed by atoms with van der Waals surface area (Å²) in [7, 11) is 0. The van der Waals surface area contributed by atoms with Crippen molar-refractivity contribution in [1.82, 2.24) is 20.4 Å². The number of carbonyl (C=O) groups is 1. The van der Waals surface area contributed by atoms with Crippen molar-refractivity contribution < 1.29 is 9.32 Å². The van der Waals surface area contributed by atoms with Crippen LogP contribution in [0.25, 0.3) is 11.4 Å². The highest BCUT2D eigenvalue weighted by molar-refractivity contribution is 7.98. The third kappa shape index (κ3) is 6.84. The van der Waals surface area contributed by atoms with E-state index < -0.39 is 0 Å². The number of aromatic nitrogens is 2.